The van der Waals surface area contributed by atoms with Gasteiger partial charge in [-0.3, -0.25) is 9.59 Å². The maximum Gasteiger partial charge on any atom is 0.298 e. The number of ether oxygens (including phenoxy) is 2. The van der Waals surface area contributed by atoms with Crippen LogP contribution in [0.4, 0.5) is 5.69 Å². The molecule has 6 heteroatoms. The van der Waals surface area contributed by atoms with E-state index in [-0.39, 0.29) is 24.6 Å². The van der Waals surface area contributed by atoms with Crippen molar-refractivity contribution < 1.29 is 14.3 Å². The summed E-state index contributed by atoms with van der Waals surface area (Å²) in [5.74, 6) is 0.0581. The van der Waals surface area contributed by atoms with Crippen molar-refractivity contribution in [1.29, 1.82) is 0 Å². The monoisotopic (exact) mass is 288 g/mol. The van der Waals surface area contributed by atoms with Gasteiger partial charge >= 0.3 is 0 Å². The SMILES string of the molecule is CC(C)=CCOc1c(OC=O)c(=O)[nH]c2cc(N)ccc12. The van der Waals surface area contributed by atoms with E-state index < -0.39 is 5.56 Å². The Hall–Kier alpha value is -2.76. The lowest BCUT2D eigenvalue weighted by Crippen LogP contribution is -2.13. The molecule has 0 bridgehead atoms. The van der Waals surface area contributed by atoms with E-state index in [1.807, 2.05) is 19.9 Å². The second-order valence-electron chi connectivity index (χ2n) is 4.72. The van der Waals surface area contributed by atoms with Gasteiger partial charge in [0.1, 0.15) is 6.61 Å². The quantitative estimate of drug-likeness (QED) is 0.498. The second-order valence-corrected chi connectivity index (χ2v) is 4.72. The van der Waals surface area contributed by atoms with Crippen LogP contribution in [0.5, 0.6) is 11.5 Å². The Bertz CT molecular complexity index is 758. The van der Waals surface area contributed by atoms with Crippen LogP contribution in [0.25, 0.3) is 10.9 Å². The van der Waals surface area contributed by atoms with Crippen molar-refractivity contribution >= 4 is 23.1 Å². The third-order valence-electron chi connectivity index (χ3n) is 2.83. The molecule has 0 aliphatic heterocycles. The Morgan fingerprint density at radius 1 is 1.33 bits per heavy atom. The summed E-state index contributed by atoms with van der Waals surface area (Å²) in [4.78, 5) is 25.2. The van der Waals surface area contributed by atoms with Crippen LogP contribution >= 0.6 is 0 Å². The van der Waals surface area contributed by atoms with E-state index in [0.29, 0.717) is 16.6 Å². The molecule has 0 spiro atoms. The minimum Gasteiger partial charge on any atom is -0.485 e. The van der Waals surface area contributed by atoms with Crippen molar-refractivity contribution in [3.63, 3.8) is 0 Å². The van der Waals surface area contributed by atoms with E-state index in [2.05, 4.69) is 4.98 Å². The predicted octanol–water partition coefficient (Wildman–Crippen LogP) is 1.99. The fourth-order valence-electron chi connectivity index (χ4n) is 1.86. The zero-order chi connectivity index (χ0) is 15.4. The summed E-state index contributed by atoms with van der Waals surface area (Å²) in [6.45, 7) is 4.33. The van der Waals surface area contributed by atoms with Gasteiger partial charge in [0.15, 0.2) is 5.75 Å². The molecule has 1 aromatic heterocycles. The minimum atomic E-state index is -0.549. The highest BCUT2D eigenvalue weighted by Crippen LogP contribution is 2.32. The first kappa shape index (κ1) is 14.6. The van der Waals surface area contributed by atoms with Crippen molar-refractivity contribution in [2.45, 2.75) is 13.8 Å². The number of anilines is 1. The summed E-state index contributed by atoms with van der Waals surface area (Å²) < 4.78 is 10.4. The number of carbonyl (C=O) groups is 1. The smallest absolute Gasteiger partial charge is 0.298 e. The molecule has 6 nitrogen and oxygen atoms in total. The van der Waals surface area contributed by atoms with E-state index in [9.17, 15) is 9.59 Å². The molecule has 2 aromatic rings. The number of rotatable bonds is 5. The molecule has 0 saturated carbocycles. The van der Waals surface area contributed by atoms with Crippen LogP contribution in [0.1, 0.15) is 13.8 Å². The number of nitrogen functional groups attached to an aromatic ring is 1. The Balaban J connectivity index is 2.60. The van der Waals surface area contributed by atoms with Gasteiger partial charge in [-0.05, 0) is 38.1 Å². The van der Waals surface area contributed by atoms with Crippen LogP contribution in [0.15, 0.2) is 34.6 Å². The first-order chi connectivity index (χ1) is 10.0. The van der Waals surface area contributed by atoms with Gasteiger partial charge in [0, 0.05) is 11.1 Å². The van der Waals surface area contributed by atoms with Gasteiger partial charge in [0.05, 0.1) is 5.52 Å². The highest BCUT2D eigenvalue weighted by Gasteiger charge is 2.15. The van der Waals surface area contributed by atoms with Crippen molar-refractivity contribution in [3.05, 3.63) is 40.2 Å². The Kier molecular flexibility index (Phi) is 4.27. The molecule has 0 aliphatic carbocycles. The lowest BCUT2D eigenvalue weighted by molar-refractivity contribution is -0.120. The molecule has 1 aromatic carbocycles. The fraction of sp³-hybridized carbons (Fsp3) is 0.200. The molecular weight excluding hydrogens is 272 g/mol. The maximum absolute atomic E-state index is 12.0. The number of benzene rings is 1. The van der Waals surface area contributed by atoms with Gasteiger partial charge in [-0.25, -0.2) is 0 Å². The number of allylic oxidation sites excluding steroid dienone is 1. The molecule has 0 saturated heterocycles. The van der Waals surface area contributed by atoms with E-state index in [1.54, 1.807) is 18.2 Å². The molecule has 0 unspecified atom stereocenters. The standard InChI is InChI=1S/C15H16N2O4/c1-9(2)5-6-20-13-11-4-3-10(16)7-12(11)17-15(19)14(13)21-8-18/h3-5,7-8H,6,16H2,1-2H3,(H,17,19). The van der Waals surface area contributed by atoms with Crippen molar-refractivity contribution in [2.75, 3.05) is 12.3 Å². The lowest BCUT2D eigenvalue weighted by Gasteiger charge is -2.11. The maximum atomic E-state index is 12.0. The number of nitrogens with one attached hydrogen (secondary N) is 1. The van der Waals surface area contributed by atoms with E-state index in [1.165, 1.54) is 0 Å². The lowest BCUT2D eigenvalue weighted by atomic mass is 10.2. The van der Waals surface area contributed by atoms with Crippen LogP contribution < -0.4 is 20.8 Å². The number of pyridine rings is 1. The van der Waals surface area contributed by atoms with Gasteiger partial charge in [-0.1, -0.05) is 5.57 Å². The van der Waals surface area contributed by atoms with E-state index in [4.69, 9.17) is 15.2 Å². The molecule has 110 valence electrons. The van der Waals surface area contributed by atoms with Crippen molar-refractivity contribution in [3.8, 4) is 11.5 Å². The predicted molar refractivity (Wildman–Crippen MR) is 80.6 cm³/mol. The summed E-state index contributed by atoms with van der Waals surface area (Å²) in [6, 6.07) is 5.00. The first-order valence-corrected chi connectivity index (χ1v) is 6.35. The first-order valence-electron chi connectivity index (χ1n) is 6.35. The van der Waals surface area contributed by atoms with Gasteiger partial charge < -0.3 is 20.2 Å². The summed E-state index contributed by atoms with van der Waals surface area (Å²) in [5, 5.41) is 0.614. The Labute approximate surface area is 121 Å². The third-order valence-corrected chi connectivity index (χ3v) is 2.83. The average Bonchev–Trinajstić information content (AvgIpc) is 2.41. The zero-order valence-corrected chi connectivity index (χ0v) is 11.8. The Morgan fingerprint density at radius 2 is 2.10 bits per heavy atom. The number of hydrogen-bond acceptors (Lipinski definition) is 5. The average molecular weight is 288 g/mol. The van der Waals surface area contributed by atoms with Gasteiger partial charge in [0.2, 0.25) is 5.75 Å². The topological polar surface area (TPSA) is 94.4 Å². The zero-order valence-electron chi connectivity index (χ0n) is 11.8. The molecule has 0 aliphatic rings. The number of fused-ring (bicyclic) bond motifs is 1. The highest BCUT2D eigenvalue weighted by atomic mass is 16.5. The van der Waals surface area contributed by atoms with E-state index >= 15 is 0 Å². The summed E-state index contributed by atoms with van der Waals surface area (Å²) in [6.07, 6.45) is 1.86. The van der Waals surface area contributed by atoms with Crippen LogP contribution in [-0.2, 0) is 4.79 Å². The molecule has 2 rings (SSSR count). The van der Waals surface area contributed by atoms with Crippen molar-refractivity contribution in [2.24, 2.45) is 0 Å². The summed E-state index contributed by atoms with van der Waals surface area (Å²) >= 11 is 0. The number of H-pyrrole nitrogens is 1. The van der Waals surface area contributed by atoms with Gasteiger partial charge in [-0.15, -0.1) is 0 Å². The summed E-state index contributed by atoms with van der Waals surface area (Å²) in [7, 11) is 0. The molecule has 0 amide bonds. The fourth-order valence-corrected chi connectivity index (χ4v) is 1.86. The number of aromatic amines is 1. The molecular formula is C15H16N2O4. The third kappa shape index (κ3) is 3.22. The molecule has 21 heavy (non-hydrogen) atoms. The normalized spacial score (nSPS) is 10.2. The molecule has 3 N–H and O–H groups in total. The van der Waals surface area contributed by atoms with Crippen LogP contribution in [0, 0.1) is 0 Å². The number of aromatic nitrogens is 1. The molecule has 0 atom stereocenters. The van der Waals surface area contributed by atoms with E-state index in [0.717, 1.165) is 5.57 Å². The Morgan fingerprint density at radius 3 is 2.76 bits per heavy atom. The van der Waals surface area contributed by atoms with Crippen LogP contribution in [0.2, 0.25) is 0 Å². The molecule has 0 radical (unpaired) electrons. The number of nitrogens with two attached hydrogens (primary N) is 1. The van der Waals surface area contributed by atoms with Gasteiger partial charge in [0.25, 0.3) is 12.0 Å². The summed E-state index contributed by atoms with van der Waals surface area (Å²) in [5.41, 5.74) is 7.26. The largest absolute Gasteiger partial charge is 0.485 e. The molecule has 0 fully saturated rings. The number of hydrogen-bond donors (Lipinski definition) is 2. The second kappa shape index (κ2) is 6.13. The van der Waals surface area contributed by atoms with Crippen LogP contribution in [-0.4, -0.2) is 18.1 Å². The minimum absolute atomic E-state index is 0.163. The highest BCUT2D eigenvalue weighted by molar-refractivity contribution is 5.89. The van der Waals surface area contributed by atoms with Crippen molar-refractivity contribution in [1.82, 2.24) is 4.98 Å². The number of carbonyl (C=O) groups excluding carboxylic acids is 1. The van der Waals surface area contributed by atoms with Crippen LogP contribution in [0.3, 0.4) is 0 Å². The molecule has 1 heterocycles. The van der Waals surface area contributed by atoms with Gasteiger partial charge in [-0.2, -0.15) is 0 Å².